The molecule has 0 bridgehead atoms. The van der Waals surface area contributed by atoms with Crippen LogP contribution in [0.5, 0.6) is 0 Å². The van der Waals surface area contributed by atoms with Gasteiger partial charge in [0.1, 0.15) is 0 Å². The molecule has 1 aromatic rings. The summed E-state index contributed by atoms with van der Waals surface area (Å²) in [5.74, 6) is 0.640. The van der Waals surface area contributed by atoms with E-state index in [0.29, 0.717) is 17.7 Å². The largest absolute Gasteiger partial charge is 0.294 e. The monoisotopic (exact) mass is 301 g/mol. The number of carbonyl (C=O) groups excluding carboxylic acids is 1. The van der Waals surface area contributed by atoms with Crippen molar-refractivity contribution in [2.24, 2.45) is 0 Å². The predicted octanol–water partition coefficient (Wildman–Crippen LogP) is 2.31. The number of sulfonamides is 1. The Kier molecular flexibility index (Phi) is 6.03. The van der Waals surface area contributed by atoms with Crippen molar-refractivity contribution in [2.45, 2.75) is 31.2 Å². The SMILES string of the molecule is CCC(=O)c1cccc(S(=O)(=O)NC(C)CSC)c1. The van der Waals surface area contributed by atoms with Crippen LogP contribution >= 0.6 is 11.8 Å². The zero-order valence-corrected chi connectivity index (χ0v) is 13.0. The molecule has 0 aliphatic carbocycles. The van der Waals surface area contributed by atoms with E-state index in [0.717, 1.165) is 0 Å². The van der Waals surface area contributed by atoms with Crippen LogP contribution in [-0.2, 0) is 10.0 Å². The summed E-state index contributed by atoms with van der Waals surface area (Å²) in [6.07, 6.45) is 2.28. The van der Waals surface area contributed by atoms with E-state index in [4.69, 9.17) is 0 Å². The van der Waals surface area contributed by atoms with Crippen LogP contribution in [0.2, 0.25) is 0 Å². The lowest BCUT2D eigenvalue weighted by Crippen LogP contribution is -2.34. The standard InChI is InChI=1S/C13H19NO3S2/c1-4-13(15)11-6-5-7-12(8-11)19(16,17)14-10(2)9-18-3/h5-8,10,14H,4,9H2,1-3H3. The Morgan fingerprint density at radius 1 is 1.42 bits per heavy atom. The summed E-state index contributed by atoms with van der Waals surface area (Å²) in [5.41, 5.74) is 0.433. The minimum Gasteiger partial charge on any atom is -0.294 e. The van der Waals surface area contributed by atoms with Gasteiger partial charge < -0.3 is 0 Å². The van der Waals surface area contributed by atoms with E-state index in [2.05, 4.69) is 4.72 Å². The number of hydrogen-bond acceptors (Lipinski definition) is 4. The molecule has 106 valence electrons. The van der Waals surface area contributed by atoms with Gasteiger partial charge in [0.2, 0.25) is 10.0 Å². The lowest BCUT2D eigenvalue weighted by molar-refractivity contribution is 0.0988. The van der Waals surface area contributed by atoms with Gasteiger partial charge >= 0.3 is 0 Å². The molecule has 0 heterocycles. The first-order chi connectivity index (χ1) is 8.90. The first-order valence-electron chi connectivity index (χ1n) is 6.05. The summed E-state index contributed by atoms with van der Waals surface area (Å²) in [5, 5.41) is 0. The van der Waals surface area contributed by atoms with Crippen LogP contribution in [-0.4, -0.2) is 32.3 Å². The van der Waals surface area contributed by atoms with Crippen LogP contribution in [0.1, 0.15) is 30.6 Å². The molecular weight excluding hydrogens is 282 g/mol. The molecule has 4 nitrogen and oxygen atoms in total. The number of rotatable bonds is 7. The number of Topliss-reactive ketones (excluding diaryl/α,β-unsaturated/α-hetero) is 1. The Balaban J connectivity index is 2.98. The van der Waals surface area contributed by atoms with Crippen molar-refractivity contribution in [2.75, 3.05) is 12.0 Å². The summed E-state index contributed by atoms with van der Waals surface area (Å²) in [6.45, 7) is 3.57. The fourth-order valence-electron chi connectivity index (χ4n) is 1.66. The smallest absolute Gasteiger partial charge is 0.240 e. The Morgan fingerprint density at radius 2 is 2.11 bits per heavy atom. The van der Waals surface area contributed by atoms with Gasteiger partial charge in [-0.05, 0) is 25.3 Å². The van der Waals surface area contributed by atoms with Gasteiger partial charge in [-0.15, -0.1) is 0 Å². The zero-order chi connectivity index (χ0) is 14.5. The van der Waals surface area contributed by atoms with Gasteiger partial charge in [0.15, 0.2) is 5.78 Å². The van der Waals surface area contributed by atoms with Crippen LogP contribution in [0.3, 0.4) is 0 Å². The van der Waals surface area contributed by atoms with E-state index >= 15 is 0 Å². The van der Waals surface area contributed by atoms with Crippen LogP contribution in [0, 0.1) is 0 Å². The average molecular weight is 301 g/mol. The highest BCUT2D eigenvalue weighted by Crippen LogP contribution is 2.14. The summed E-state index contributed by atoms with van der Waals surface area (Å²) >= 11 is 1.58. The van der Waals surface area contributed by atoms with Crippen molar-refractivity contribution in [3.05, 3.63) is 29.8 Å². The van der Waals surface area contributed by atoms with Crippen molar-refractivity contribution in [1.29, 1.82) is 0 Å². The molecule has 0 fully saturated rings. The quantitative estimate of drug-likeness (QED) is 0.785. The highest BCUT2D eigenvalue weighted by molar-refractivity contribution is 7.98. The van der Waals surface area contributed by atoms with Crippen molar-refractivity contribution >= 4 is 27.6 Å². The maximum Gasteiger partial charge on any atom is 0.240 e. The van der Waals surface area contributed by atoms with E-state index in [9.17, 15) is 13.2 Å². The molecule has 1 atom stereocenters. The second-order valence-corrected chi connectivity index (χ2v) is 6.91. The first-order valence-corrected chi connectivity index (χ1v) is 8.93. The number of benzene rings is 1. The minimum atomic E-state index is -3.56. The Hall–Kier alpha value is -0.850. The topological polar surface area (TPSA) is 63.2 Å². The van der Waals surface area contributed by atoms with Crippen LogP contribution < -0.4 is 4.72 Å². The van der Waals surface area contributed by atoms with Crippen molar-refractivity contribution in [3.8, 4) is 0 Å². The van der Waals surface area contributed by atoms with Crippen LogP contribution in [0.15, 0.2) is 29.2 Å². The molecule has 1 aromatic carbocycles. The predicted molar refractivity (Wildman–Crippen MR) is 79.2 cm³/mol. The van der Waals surface area contributed by atoms with E-state index in [1.165, 1.54) is 12.1 Å². The maximum atomic E-state index is 12.1. The van der Waals surface area contributed by atoms with Crippen LogP contribution in [0.4, 0.5) is 0 Å². The fraction of sp³-hybridized carbons (Fsp3) is 0.462. The highest BCUT2D eigenvalue weighted by Gasteiger charge is 2.18. The summed E-state index contributed by atoms with van der Waals surface area (Å²) < 4.78 is 26.9. The molecule has 1 unspecified atom stereocenters. The fourth-order valence-corrected chi connectivity index (χ4v) is 3.64. The second kappa shape index (κ2) is 7.07. The minimum absolute atomic E-state index is 0.0609. The van der Waals surface area contributed by atoms with Gasteiger partial charge in [-0.25, -0.2) is 13.1 Å². The lowest BCUT2D eigenvalue weighted by atomic mass is 10.1. The zero-order valence-electron chi connectivity index (χ0n) is 11.3. The van der Waals surface area contributed by atoms with Crippen LogP contribution in [0.25, 0.3) is 0 Å². The molecule has 6 heteroatoms. The van der Waals surface area contributed by atoms with Crippen molar-refractivity contribution < 1.29 is 13.2 Å². The van der Waals surface area contributed by atoms with Gasteiger partial charge in [0.05, 0.1) is 4.90 Å². The van der Waals surface area contributed by atoms with E-state index in [1.54, 1.807) is 30.8 Å². The van der Waals surface area contributed by atoms with Gasteiger partial charge in [-0.2, -0.15) is 11.8 Å². The van der Waals surface area contributed by atoms with Gasteiger partial charge in [-0.3, -0.25) is 4.79 Å². The molecule has 0 spiro atoms. The van der Waals surface area contributed by atoms with Gasteiger partial charge in [0.25, 0.3) is 0 Å². The van der Waals surface area contributed by atoms with Gasteiger partial charge in [0, 0.05) is 23.8 Å². The first kappa shape index (κ1) is 16.2. The third kappa shape index (κ3) is 4.63. The van der Waals surface area contributed by atoms with E-state index in [-0.39, 0.29) is 16.7 Å². The summed E-state index contributed by atoms with van der Waals surface area (Å²) in [6, 6.07) is 6.01. The Bertz CT molecular complexity index is 541. The molecule has 0 aliphatic heterocycles. The molecular formula is C13H19NO3S2. The number of thioether (sulfide) groups is 1. The van der Waals surface area contributed by atoms with Crippen molar-refractivity contribution in [3.63, 3.8) is 0 Å². The summed E-state index contributed by atoms with van der Waals surface area (Å²) in [7, 11) is -3.56. The highest BCUT2D eigenvalue weighted by atomic mass is 32.2. The molecule has 0 saturated heterocycles. The number of carbonyl (C=O) groups is 1. The molecule has 0 saturated carbocycles. The molecule has 1 N–H and O–H groups in total. The molecule has 0 radical (unpaired) electrons. The molecule has 19 heavy (non-hydrogen) atoms. The molecule has 1 rings (SSSR count). The summed E-state index contributed by atoms with van der Waals surface area (Å²) in [4.78, 5) is 11.7. The number of hydrogen-bond donors (Lipinski definition) is 1. The Labute approximate surface area is 119 Å². The third-order valence-corrected chi connectivity index (χ3v) is 4.98. The number of ketones is 1. The average Bonchev–Trinajstić information content (AvgIpc) is 2.37. The maximum absolute atomic E-state index is 12.1. The lowest BCUT2D eigenvalue weighted by Gasteiger charge is -2.13. The molecule has 0 amide bonds. The molecule has 0 aliphatic rings. The third-order valence-electron chi connectivity index (χ3n) is 2.56. The number of nitrogens with one attached hydrogen (secondary N) is 1. The van der Waals surface area contributed by atoms with Crippen molar-refractivity contribution in [1.82, 2.24) is 4.72 Å². The normalized spacial score (nSPS) is 13.2. The second-order valence-electron chi connectivity index (χ2n) is 4.28. The Morgan fingerprint density at radius 3 is 2.68 bits per heavy atom. The van der Waals surface area contributed by atoms with E-state index in [1.807, 2.05) is 13.2 Å². The molecule has 0 aromatic heterocycles. The van der Waals surface area contributed by atoms with E-state index < -0.39 is 10.0 Å². The van der Waals surface area contributed by atoms with Gasteiger partial charge in [-0.1, -0.05) is 19.1 Å².